The Balaban J connectivity index is 1.52. The lowest BCUT2D eigenvalue weighted by molar-refractivity contribution is -0.137. The minimum Gasteiger partial charge on any atom is -0.369 e. The van der Waals surface area contributed by atoms with Crippen molar-refractivity contribution < 1.29 is 39.9 Å². The van der Waals surface area contributed by atoms with Crippen LogP contribution in [0.15, 0.2) is 30.6 Å². The largest absolute Gasteiger partial charge is 0.416 e. The van der Waals surface area contributed by atoms with Gasteiger partial charge in [-0.3, -0.25) is 9.69 Å². The lowest BCUT2D eigenvalue weighted by Crippen LogP contribution is -2.52. The molecule has 0 bridgehead atoms. The highest BCUT2D eigenvalue weighted by Gasteiger charge is 2.48. The first-order valence-corrected chi connectivity index (χ1v) is 11.6. The molecule has 1 aromatic carbocycles. The number of carbonyl (C=O) groups excluding carboxylic acids is 1. The zero-order chi connectivity index (χ0) is 27.9. The van der Waals surface area contributed by atoms with E-state index in [4.69, 9.17) is 5.73 Å². The molecule has 4 rings (SSSR count). The first-order chi connectivity index (χ1) is 17.7. The summed E-state index contributed by atoms with van der Waals surface area (Å²) in [6.45, 7) is -2.22. The third-order valence-corrected chi connectivity index (χ3v) is 6.66. The molecule has 2 aliphatic heterocycles. The summed E-state index contributed by atoms with van der Waals surface area (Å²) in [4.78, 5) is 20.7. The van der Waals surface area contributed by atoms with Gasteiger partial charge in [-0.1, -0.05) is 12.1 Å². The third-order valence-electron chi connectivity index (χ3n) is 6.66. The average Bonchev–Trinajstić information content (AvgIpc) is 3.13. The van der Waals surface area contributed by atoms with Crippen LogP contribution in [0.3, 0.4) is 0 Å². The number of halogens is 8. The van der Waals surface area contributed by atoms with Crippen LogP contribution < -0.4 is 16.0 Å². The van der Waals surface area contributed by atoms with Gasteiger partial charge >= 0.3 is 6.18 Å². The molecule has 0 spiro atoms. The summed E-state index contributed by atoms with van der Waals surface area (Å²) in [7, 11) is 0. The second kappa shape index (κ2) is 10.2. The van der Waals surface area contributed by atoms with Crippen LogP contribution in [0.5, 0.6) is 0 Å². The molecule has 0 saturated carbocycles. The van der Waals surface area contributed by atoms with E-state index in [1.54, 1.807) is 0 Å². The molecule has 3 N–H and O–H groups in total. The van der Waals surface area contributed by atoms with Gasteiger partial charge in [0.1, 0.15) is 6.33 Å². The van der Waals surface area contributed by atoms with Gasteiger partial charge in [-0.2, -0.15) is 17.6 Å². The summed E-state index contributed by atoms with van der Waals surface area (Å²) >= 11 is 0. The van der Waals surface area contributed by atoms with Crippen molar-refractivity contribution in [3.63, 3.8) is 0 Å². The maximum absolute atomic E-state index is 15.4. The van der Waals surface area contributed by atoms with Gasteiger partial charge in [0.15, 0.2) is 11.6 Å². The molecule has 0 unspecified atom stereocenters. The first kappa shape index (κ1) is 27.8. The topological polar surface area (TPSA) is 87.4 Å². The molecule has 0 radical (unpaired) electrons. The number of nitrogens with two attached hydrogens (primary N) is 1. The molecule has 2 fully saturated rings. The van der Waals surface area contributed by atoms with E-state index in [1.807, 2.05) is 0 Å². The van der Waals surface area contributed by atoms with E-state index >= 15 is 4.39 Å². The van der Waals surface area contributed by atoms with E-state index in [0.717, 1.165) is 35.5 Å². The number of carbonyl (C=O) groups is 1. The van der Waals surface area contributed by atoms with Crippen LogP contribution >= 0.6 is 0 Å². The maximum Gasteiger partial charge on any atom is 0.416 e. The van der Waals surface area contributed by atoms with Crippen molar-refractivity contribution >= 4 is 17.5 Å². The molecule has 7 nitrogen and oxygen atoms in total. The Bertz CT molecular complexity index is 1160. The van der Waals surface area contributed by atoms with E-state index < -0.39 is 85.0 Å². The molecule has 2 aromatic rings. The van der Waals surface area contributed by atoms with Gasteiger partial charge in [0.2, 0.25) is 11.7 Å². The van der Waals surface area contributed by atoms with E-state index in [-0.39, 0.29) is 25.1 Å². The maximum atomic E-state index is 15.4. The fraction of sp³-hybridized carbons (Fsp3) is 0.522. The Morgan fingerprint density at radius 2 is 1.79 bits per heavy atom. The van der Waals surface area contributed by atoms with Gasteiger partial charge in [-0.05, 0) is 30.7 Å². The minimum atomic E-state index is -4.62. The van der Waals surface area contributed by atoms with E-state index in [0.29, 0.717) is 0 Å². The Labute approximate surface area is 212 Å². The predicted molar refractivity (Wildman–Crippen MR) is 120 cm³/mol. The van der Waals surface area contributed by atoms with Crippen molar-refractivity contribution in [2.45, 2.75) is 36.9 Å². The fourth-order valence-corrected chi connectivity index (χ4v) is 4.80. The van der Waals surface area contributed by atoms with Crippen LogP contribution in [0.2, 0.25) is 0 Å². The van der Waals surface area contributed by atoms with Gasteiger partial charge in [-0.15, -0.1) is 0 Å². The van der Waals surface area contributed by atoms with Gasteiger partial charge < -0.3 is 16.0 Å². The molecule has 0 aliphatic carbocycles. The van der Waals surface area contributed by atoms with Gasteiger partial charge in [-0.25, -0.2) is 27.5 Å². The lowest BCUT2D eigenvalue weighted by atomic mass is 9.92. The van der Waals surface area contributed by atoms with Crippen molar-refractivity contribution in [1.29, 1.82) is 0 Å². The van der Waals surface area contributed by atoms with Crippen LogP contribution in [-0.4, -0.2) is 65.3 Å². The van der Waals surface area contributed by atoms with Crippen LogP contribution in [0.4, 0.5) is 46.8 Å². The molecule has 2 saturated heterocycles. The quantitative estimate of drug-likeness (QED) is 0.504. The van der Waals surface area contributed by atoms with E-state index in [9.17, 15) is 35.5 Å². The number of aromatic nitrogens is 2. The molecule has 15 heteroatoms. The highest BCUT2D eigenvalue weighted by Crippen LogP contribution is 2.44. The number of nitrogens with zero attached hydrogens (tertiary/aromatic N) is 4. The zero-order valence-corrected chi connectivity index (χ0v) is 19.8. The van der Waals surface area contributed by atoms with Crippen molar-refractivity contribution in [1.82, 2.24) is 14.9 Å². The molecule has 1 aromatic heterocycles. The summed E-state index contributed by atoms with van der Waals surface area (Å²) < 4.78 is 112. The van der Waals surface area contributed by atoms with Crippen LogP contribution in [0.1, 0.15) is 30.0 Å². The second-order valence-corrected chi connectivity index (χ2v) is 9.49. The molecule has 1 amide bonds. The number of benzene rings is 1. The number of nitrogens with one attached hydrogen (secondary N) is 1. The molecule has 38 heavy (non-hydrogen) atoms. The molecular weight excluding hydrogens is 528 g/mol. The molecule has 3 heterocycles. The fourth-order valence-electron chi connectivity index (χ4n) is 4.80. The minimum absolute atomic E-state index is 0.0266. The van der Waals surface area contributed by atoms with Crippen LogP contribution in [0, 0.1) is 11.7 Å². The summed E-state index contributed by atoms with van der Waals surface area (Å²) in [6, 6.07) is 2.41. The molecule has 208 valence electrons. The standard InChI is InChI=1S/C23H24F8N6O/c24-18-19(33-8-15-5-6-36(9-17(32)38)11-22(15,27)28)34-12-35-20(18)37-10-21(25,26)7-16(37)13-1-3-14(4-2-13)23(29,30)31/h1-4,12,15-16H,5-11H2,(H2,32,38)(H,33,34,35)/t15-,16-/m1/s1. The Morgan fingerprint density at radius 1 is 1.11 bits per heavy atom. The van der Waals surface area contributed by atoms with Crippen molar-refractivity contribution in [3.8, 4) is 0 Å². The number of hydrogen-bond donors (Lipinski definition) is 2. The number of piperidine rings is 1. The average molecular weight is 552 g/mol. The summed E-state index contributed by atoms with van der Waals surface area (Å²) in [5, 5.41) is 2.50. The lowest BCUT2D eigenvalue weighted by Gasteiger charge is -2.37. The molecule has 2 atom stereocenters. The van der Waals surface area contributed by atoms with Gasteiger partial charge in [0.25, 0.3) is 11.8 Å². The molecular formula is C23H24F8N6O. The zero-order valence-electron chi connectivity index (χ0n) is 19.8. The smallest absolute Gasteiger partial charge is 0.369 e. The number of primary amides is 1. The summed E-state index contributed by atoms with van der Waals surface area (Å²) in [5.41, 5.74) is 4.20. The summed E-state index contributed by atoms with van der Waals surface area (Å²) in [6.07, 6.45) is -4.55. The number of amides is 1. The number of likely N-dealkylation sites (tertiary alicyclic amines) is 1. The number of hydrogen-bond acceptors (Lipinski definition) is 6. The number of rotatable bonds is 7. The van der Waals surface area contributed by atoms with Crippen molar-refractivity contribution in [2.24, 2.45) is 11.7 Å². The van der Waals surface area contributed by atoms with Crippen LogP contribution in [-0.2, 0) is 11.0 Å². The Morgan fingerprint density at radius 3 is 2.39 bits per heavy atom. The van der Waals surface area contributed by atoms with Gasteiger partial charge in [0.05, 0.1) is 31.2 Å². The number of alkyl halides is 7. The highest BCUT2D eigenvalue weighted by molar-refractivity contribution is 5.75. The Hall–Kier alpha value is -3.23. The Kier molecular flexibility index (Phi) is 7.43. The van der Waals surface area contributed by atoms with Gasteiger partial charge in [0, 0.05) is 18.9 Å². The van der Waals surface area contributed by atoms with Crippen LogP contribution in [0.25, 0.3) is 0 Å². The third kappa shape index (κ3) is 6.08. The first-order valence-electron chi connectivity index (χ1n) is 11.6. The molecule has 2 aliphatic rings. The predicted octanol–water partition coefficient (Wildman–Crippen LogP) is 4.08. The van der Waals surface area contributed by atoms with Crippen molar-refractivity contribution in [3.05, 3.63) is 47.5 Å². The SMILES string of the molecule is NC(=O)CN1CC[C@H](CNc2ncnc(N3CC(F)(F)C[C@@H]3c3ccc(C(F)(F)F)cc3)c2F)C(F)(F)C1. The monoisotopic (exact) mass is 552 g/mol. The highest BCUT2D eigenvalue weighted by atomic mass is 19.4. The van der Waals surface area contributed by atoms with Crippen molar-refractivity contribution in [2.75, 3.05) is 42.9 Å². The summed E-state index contributed by atoms with van der Waals surface area (Å²) in [5.74, 6) is -10.7. The second-order valence-electron chi connectivity index (χ2n) is 9.49. The number of anilines is 2. The van der Waals surface area contributed by atoms with E-state index in [2.05, 4.69) is 15.3 Å². The van der Waals surface area contributed by atoms with E-state index in [1.165, 1.54) is 4.90 Å². The normalized spacial score (nSPS) is 23.4.